The molecule has 3 aromatic rings. The van der Waals surface area contributed by atoms with Gasteiger partial charge in [0.25, 0.3) is 5.56 Å². The van der Waals surface area contributed by atoms with Gasteiger partial charge < -0.3 is 4.57 Å². The van der Waals surface area contributed by atoms with Crippen LogP contribution in [0.3, 0.4) is 0 Å². The molecule has 0 bridgehead atoms. The Bertz CT molecular complexity index is 1310. The zero-order chi connectivity index (χ0) is 21.1. The first kappa shape index (κ1) is 20.3. The molecule has 0 spiro atoms. The van der Waals surface area contributed by atoms with E-state index < -0.39 is 0 Å². The molecule has 6 nitrogen and oxygen atoms in total. The Kier molecular flexibility index (Phi) is 5.98. The van der Waals surface area contributed by atoms with Gasteiger partial charge in [0.1, 0.15) is 22.1 Å². The average Bonchev–Trinajstić information content (AvgIpc) is 3.17. The third kappa shape index (κ3) is 3.89. The molecule has 30 heavy (non-hydrogen) atoms. The summed E-state index contributed by atoms with van der Waals surface area (Å²) in [5.41, 5.74) is 1.08. The summed E-state index contributed by atoms with van der Waals surface area (Å²) in [4.78, 5) is 13.1. The smallest absolute Gasteiger partial charge is 0.269 e. The molecule has 2 aromatic heterocycles. The number of thiazole rings is 1. The van der Waals surface area contributed by atoms with Crippen molar-refractivity contribution in [1.82, 2.24) is 19.3 Å². The van der Waals surface area contributed by atoms with Gasteiger partial charge in [-0.25, -0.2) is 0 Å². The Hall–Kier alpha value is -2.95. The number of allylic oxidation sites excluding steroid dienone is 1. The molecule has 0 radical (unpaired) electrons. The van der Waals surface area contributed by atoms with Gasteiger partial charge in [-0.15, -0.1) is 28.1 Å². The number of aryl methyl sites for hydroxylation is 1. The Morgan fingerprint density at radius 3 is 2.80 bits per heavy atom. The Labute approximate surface area is 182 Å². The Balaban J connectivity index is 1.97. The Morgan fingerprint density at radius 1 is 1.27 bits per heavy atom. The molecule has 0 aliphatic carbocycles. The third-order valence-electron chi connectivity index (χ3n) is 5.05. The van der Waals surface area contributed by atoms with Crippen LogP contribution in [0.15, 0.2) is 41.7 Å². The lowest BCUT2D eigenvalue weighted by Crippen LogP contribution is -2.32. The molecule has 0 saturated heterocycles. The second-order valence-electron chi connectivity index (χ2n) is 7.06. The molecular formula is C22H20ClN5OS. The van der Waals surface area contributed by atoms with Crippen molar-refractivity contribution in [1.29, 1.82) is 5.26 Å². The molecule has 1 aliphatic rings. The van der Waals surface area contributed by atoms with Crippen molar-refractivity contribution >= 4 is 34.6 Å². The highest BCUT2D eigenvalue weighted by atomic mass is 35.5. The van der Waals surface area contributed by atoms with E-state index >= 15 is 0 Å². The lowest BCUT2D eigenvalue weighted by Gasteiger charge is -2.06. The maximum Gasteiger partial charge on any atom is 0.269 e. The molecule has 0 unspecified atom stereocenters. The Morgan fingerprint density at radius 2 is 2.07 bits per heavy atom. The van der Waals surface area contributed by atoms with Crippen LogP contribution in [0.1, 0.15) is 36.5 Å². The minimum absolute atomic E-state index is 0.159. The van der Waals surface area contributed by atoms with Crippen molar-refractivity contribution in [3.8, 4) is 6.07 Å². The minimum Gasteiger partial charge on any atom is -0.310 e. The standard InChI is InChI=1S/C22H20ClN5OS/c1-2-11-28-21(29)18(13-15-7-9-16(23)10-8-15)30-22(28)17(14-24)20-26-25-19-6-4-3-5-12-27(19)20/h2,7-10,13H,1,3-6,11-12H2/b18-13-,22-17+. The van der Waals surface area contributed by atoms with E-state index in [1.54, 1.807) is 22.8 Å². The van der Waals surface area contributed by atoms with E-state index in [9.17, 15) is 10.1 Å². The number of nitriles is 1. The van der Waals surface area contributed by atoms with Crippen molar-refractivity contribution in [3.05, 3.63) is 78.7 Å². The van der Waals surface area contributed by atoms with E-state index in [1.807, 2.05) is 22.8 Å². The van der Waals surface area contributed by atoms with Crippen LogP contribution >= 0.6 is 22.9 Å². The normalized spacial score (nSPS) is 15.3. The fraction of sp³-hybridized carbons (Fsp3) is 0.273. The maximum absolute atomic E-state index is 13.1. The third-order valence-corrected chi connectivity index (χ3v) is 6.43. The van der Waals surface area contributed by atoms with Gasteiger partial charge in [0.2, 0.25) is 0 Å². The van der Waals surface area contributed by atoms with E-state index in [0.29, 0.717) is 32.2 Å². The molecule has 152 valence electrons. The highest BCUT2D eigenvalue weighted by Gasteiger charge is 2.20. The number of halogens is 1. The molecule has 3 heterocycles. The summed E-state index contributed by atoms with van der Waals surface area (Å²) >= 11 is 7.25. The zero-order valence-corrected chi connectivity index (χ0v) is 17.9. The second-order valence-corrected chi connectivity index (χ2v) is 8.53. The molecule has 0 N–H and O–H groups in total. The zero-order valence-electron chi connectivity index (χ0n) is 16.3. The first-order chi connectivity index (χ1) is 14.6. The van der Waals surface area contributed by atoms with E-state index in [-0.39, 0.29) is 5.56 Å². The molecule has 1 aromatic carbocycles. The predicted molar refractivity (Wildman–Crippen MR) is 119 cm³/mol. The second kappa shape index (κ2) is 8.82. The first-order valence-electron chi connectivity index (χ1n) is 9.77. The summed E-state index contributed by atoms with van der Waals surface area (Å²) in [5, 5.41) is 19.3. The number of nitrogens with zero attached hydrogens (tertiary/aromatic N) is 5. The van der Waals surface area contributed by atoms with Crippen LogP contribution in [0.2, 0.25) is 5.02 Å². The van der Waals surface area contributed by atoms with Gasteiger partial charge in [0.15, 0.2) is 5.82 Å². The molecule has 0 saturated carbocycles. The highest BCUT2D eigenvalue weighted by molar-refractivity contribution is 7.07. The summed E-state index contributed by atoms with van der Waals surface area (Å²) < 4.78 is 4.71. The molecule has 8 heteroatoms. The summed E-state index contributed by atoms with van der Waals surface area (Å²) in [6.07, 6.45) is 7.54. The van der Waals surface area contributed by atoms with Crippen molar-refractivity contribution in [3.63, 3.8) is 0 Å². The fourth-order valence-electron chi connectivity index (χ4n) is 3.57. The SMILES string of the molecule is C=CCn1c(=O)/c(=C/c2ccc(Cl)cc2)s/c1=C(\C#N)c1nnc2n1CCCCC2. The number of hydrogen-bond donors (Lipinski definition) is 0. The summed E-state index contributed by atoms with van der Waals surface area (Å²) in [6.45, 7) is 4.86. The van der Waals surface area contributed by atoms with Crippen molar-refractivity contribution < 1.29 is 0 Å². The number of fused-ring (bicyclic) bond motifs is 1. The maximum atomic E-state index is 13.1. The molecule has 0 fully saturated rings. The van der Waals surface area contributed by atoms with E-state index in [0.717, 1.165) is 43.6 Å². The van der Waals surface area contributed by atoms with Crippen LogP contribution in [-0.4, -0.2) is 19.3 Å². The van der Waals surface area contributed by atoms with Gasteiger partial charge in [-0.1, -0.05) is 36.2 Å². The fourth-order valence-corrected chi connectivity index (χ4v) is 4.81. The van der Waals surface area contributed by atoms with Crippen molar-refractivity contribution in [2.45, 2.75) is 38.8 Å². The van der Waals surface area contributed by atoms with Gasteiger partial charge in [-0.3, -0.25) is 9.36 Å². The minimum atomic E-state index is -0.159. The van der Waals surface area contributed by atoms with Gasteiger partial charge in [-0.2, -0.15) is 5.26 Å². The van der Waals surface area contributed by atoms with Crippen LogP contribution in [0.5, 0.6) is 0 Å². The molecule has 4 rings (SSSR count). The topological polar surface area (TPSA) is 76.5 Å². The molecular weight excluding hydrogens is 418 g/mol. The highest BCUT2D eigenvalue weighted by Crippen LogP contribution is 2.18. The lowest BCUT2D eigenvalue weighted by molar-refractivity contribution is 0.626. The van der Waals surface area contributed by atoms with Gasteiger partial charge in [-0.05, 0) is 36.6 Å². The van der Waals surface area contributed by atoms with E-state index in [1.165, 1.54) is 11.3 Å². The van der Waals surface area contributed by atoms with Crippen molar-refractivity contribution in [2.75, 3.05) is 0 Å². The number of benzene rings is 1. The largest absolute Gasteiger partial charge is 0.310 e. The van der Waals surface area contributed by atoms with Crippen LogP contribution in [0, 0.1) is 11.3 Å². The van der Waals surface area contributed by atoms with Gasteiger partial charge in [0, 0.05) is 24.5 Å². The van der Waals surface area contributed by atoms with E-state index in [2.05, 4.69) is 22.8 Å². The lowest BCUT2D eigenvalue weighted by atomic mass is 10.2. The summed E-state index contributed by atoms with van der Waals surface area (Å²) in [5.74, 6) is 1.43. The number of aromatic nitrogens is 4. The van der Waals surface area contributed by atoms with Gasteiger partial charge in [0.05, 0.1) is 4.53 Å². The number of hydrogen-bond acceptors (Lipinski definition) is 5. The van der Waals surface area contributed by atoms with Crippen LogP contribution in [0.25, 0.3) is 11.6 Å². The van der Waals surface area contributed by atoms with Crippen LogP contribution < -0.4 is 14.8 Å². The summed E-state index contributed by atoms with van der Waals surface area (Å²) in [7, 11) is 0. The first-order valence-corrected chi connectivity index (χ1v) is 11.0. The van der Waals surface area contributed by atoms with E-state index in [4.69, 9.17) is 11.6 Å². The quantitative estimate of drug-likeness (QED) is 0.588. The van der Waals surface area contributed by atoms with Crippen LogP contribution in [0.4, 0.5) is 0 Å². The average molecular weight is 438 g/mol. The molecule has 0 atom stereocenters. The monoisotopic (exact) mass is 437 g/mol. The molecule has 0 amide bonds. The predicted octanol–water partition coefficient (Wildman–Crippen LogP) is 2.62. The van der Waals surface area contributed by atoms with Crippen molar-refractivity contribution in [2.24, 2.45) is 0 Å². The number of rotatable bonds is 4. The summed E-state index contributed by atoms with van der Waals surface area (Å²) in [6, 6.07) is 9.55. The molecule has 1 aliphatic heterocycles. The van der Waals surface area contributed by atoms with Gasteiger partial charge >= 0.3 is 0 Å². The van der Waals surface area contributed by atoms with Crippen LogP contribution in [-0.2, 0) is 19.5 Å².